The highest BCUT2D eigenvalue weighted by molar-refractivity contribution is 5.73. The van der Waals surface area contributed by atoms with Gasteiger partial charge in [0, 0.05) is 30.6 Å². The van der Waals surface area contributed by atoms with Crippen molar-refractivity contribution in [1.82, 2.24) is 0 Å². The van der Waals surface area contributed by atoms with Crippen LogP contribution in [0.4, 0.5) is 0 Å². The van der Waals surface area contributed by atoms with E-state index in [9.17, 15) is 9.90 Å². The third kappa shape index (κ3) is 1.19. The van der Waals surface area contributed by atoms with Gasteiger partial charge in [-0.15, -0.1) is 0 Å². The fourth-order valence-corrected chi connectivity index (χ4v) is 5.37. The number of hydrogen-bond acceptors (Lipinski definition) is 2. The predicted octanol–water partition coefficient (Wildman–Crippen LogP) is -0.293. The molecule has 4 rings (SSSR count). The number of quaternary nitrogens is 1. The first kappa shape index (κ1) is 9.64. The van der Waals surface area contributed by atoms with Crippen LogP contribution >= 0.6 is 0 Å². The maximum atomic E-state index is 11.4. The second kappa shape index (κ2) is 2.40. The molecule has 0 radical (unpaired) electrons. The minimum atomic E-state index is -0.814. The molecule has 0 saturated heterocycles. The molecule has 0 aromatic rings. The average molecular weight is 209 g/mol. The van der Waals surface area contributed by atoms with Crippen LogP contribution in [0.3, 0.4) is 0 Å². The maximum absolute atomic E-state index is 11.4. The van der Waals surface area contributed by atoms with Crippen LogP contribution in [0.25, 0.3) is 0 Å². The second-order valence-electron chi connectivity index (χ2n) is 6.89. The van der Waals surface area contributed by atoms with Crippen molar-refractivity contribution in [1.29, 1.82) is 0 Å². The number of aliphatic carboxylic acids is 1. The summed E-state index contributed by atoms with van der Waals surface area (Å²) in [6.45, 7) is 2.25. The van der Waals surface area contributed by atoms with Gasteiger partial charge < -0.3 is 15.6 Å². The fraction of sp³-hybridized carbons (Fsp3) is 0.917. The molecule has 3 heteroatoms. The zero-order valence-electron chi connectivity index (χ0n) is 9.34. The van der Waals surface area contributed by atoms with Gasteiger partial charge in [0.1, 0.15) is 0 Å². The third-order valence-corrected chi connectivity index (χ3v) is 4.90. The van der Waals surface area contributed by atoms with Crippen LogP contribution in [0.2, 0.25) is 0 Å². The molecular weight excluding hydrogens is 190 g/mol. The van der Waals surface area contributed by atoms with Crippen LogP contribution in [0.5, 0.6) is 0 Å². The first-order valence-corrected chi connectivity index (χ1v) is 5.92. The summed E-state index contributed by atoms with van der Waals surface area (Å²) < 4.78 is 0. The lowest BCUT2D eigenvalue weighted by Crippen LogP contribution is -2.81. The van der Waals surface area contributed by atoms with Crippen molar-refractivity contribution < 1.29 is 15.6 Å². The average Bonchev–Trinajstić information content (AvgIpc) is 1.95. The molecule has 84 valence electrons. The van der Waals surface area contributed by atoms with E-state index in [1.54, 1.807) is 0 Å². The molecule has 0 aliphatic heterocycles. The minimum Gasteiger partial charge on any atom is -0.550 e. The monoisotopic (exact) mass is 209 g/mol. The van der Waals surface area contributed by atoms with Crippen LogP contribution in [0, 0.1) is 16.7 Å². The van der Waals surface area contributed by atoms with E-state index in [0.717, 1.165) is 32.1 Å². The summed E-state index contributed by atoms with van der Waals surface area (Å²) in [5.74, 6) is -0.229. The lowest BCUT2D eigenvalue weighted by molar-refractivity contribution is -0.515. The van der Waals surface area contributed by atoms with Crippen LogP contribution in [-0.4, -0.2) is 11.5 Å². The molecule has 0 heterocycles. The highest BCUT2D eigenvalue weighted by Crippen LogP contribution is 2.64. The van der Waals surface area contributed by atoms with E-state index in [4.69, 9.17) is 0 Å². The lowest BCUT2D eigenvalue weighted by atomic mass is 9.42. The van der Waals surface area contributed by atoms with Gasteiger partial charge in [-0.25, -0.2) is 0 Å². The molecule has 3 nitrogen and oxygen atoms in total. The molecule has 0 aromatic heterocycles. The van der Waals surface area contributed by atoms with Gasteiger partial charge in [0.25, 0.3) is 0 Å². The first-order valence-electron chi connectivity index (χ1n) is 5.92. The lowest BCUT2D eigenvalue weighted by Gasteiger charge is -2.63. The first-order chi connectivity index (χ1) is 6.85. The van der Waals surface area contributed by atoms with Crippen LogP contribution in [0.15, 0.2) is 0 Å². The highest BCUT2D eigenvalue weighted by atomic mass is 16.4. The number of carboxylic acids is 1. The zero-order chi connectivity index (χ0) is 10.9. The molecule has 4 saturated carbocycles. The molecule has 4 aliphatic carbocycles. The van der Waals surface area contributed by atoms with Crippen LogP contribution in [0.1, 0.15) is 45.4 Å². The molecule has 0 aromatic carbocycles. The standard InChI is InChI=1S/C12H19NO2/c1-10-2-8-3-11(5-10,9(14)15)7-12(13,4-8)6-10/h8H,2-7,13H2,1H3,(H,14,15). The van der Waals surface area contributed by atoms with E-state index < -0.39 is 11.4 Å². The molecule has 4 atom stereocenters. The maximum Gasteiger partial charge on any atom is 0.0962 e. The van der Waals surface area contributed by atoms with Crippen molar-refractivity contribution in [3.63, 3.8) is 0 Å². The summed E-state index contributed by atoms with van der Waals surface area (Å²) in [6.07, 6.45) is 5.90. The summed E-state index contributed by atoms with van der Waals surface area (Å²) in [6, 6.07) is 0. The summed E-state index contributed by atoms with van der Waals surface area (Å²) in [5.41, 5.74) is 4.04. The number of hydrogen-bond donors (Lipinski definition) is 1. The Bertz CT molecular complexity index is 321. The third-order valence-electron chi connectivity index (χ3n) is 4.90. The van der Waals surface area contributed by atoms with Gasteiger partial charge in [0.15, 0.2) is 0 Å². The number of rotatable bonds is 1. The van der Waals surface area contributed by atoms with Crippen molar-refractivity contribution in [2.75, 3.05) is 0 Å². The Morgan fingerprint density at radius 1 is 1.27 bits per heavy atom. The predicted molar refractivity (Wildman–Crippen MR) is 52.4 cm³/mol. The largest absolute Gasteiger partial charge is 0.550 e. The van der Waals surface area contributed by atoms with E-state index in [0.29, 0.717) is 5.92 Å². The Morgan fingerprint density at radius 3 is 2.53 bits per heavy atom. The molecule has 0 spiro atoms. The van der Waals surface area contributed by atoms with E-state index >= 15 is 0 Å². The van der Waals surface area contributed by atoms with Gasteiger partial charge in [-0.05, 0) is 30.6 Å². The molecule has 4 fully saturated rings. The number of carbonyl (C=O) groups excluding carboxylic acids is 1. The van der Waals surface area contributed by atoms with Gasteiger partial charge in [-0.2, -0.15) is 0 Å². The Labute approximate surface area is 90.0 Å². The van der Waals surface area contributed by atoms with Crippen LogP contribution < -0.4 is 10.8 Å². The molecule has 4 aliphatic rings. The normalized spacial score (nSPS) is 57.1. The van der Waals surface area contributed by atoms with E-state index in [-0.39, 0.29) is 11.0 Å². The van der Waals surface area contributed by atoms with Crippen molar-refractivity contribution in [2.45, 2.75) is 51.0 Å². The molecule has 15 heavy (non-hydrogen) atoms. The quantitative estimate of drug-likeness (QED) is 0.644. The van der Waals surface area contributed by atoms with Crippen LogP contribution in [-0.2, 0) is 4.79 Å². The molecular formula is C12H19NO2. The zero-order valence-corrected chi connectivity index (χ0v) is 9.34. The molecule has 4 bridgehead atoms. The summed E-state index contributed by atoms with van der Waals surface area (Å²) >= 11 is 0. The number of carbonyl (C=O) groups is 1. The molecule has 0 amide bonds. The van der Waals surface area contributed by atoms with Gasteiger partial charge in [-0.1, -0.05) is 6.92 Å². The van der Waals surface area contributed by atoms with Crippen molar-refractivity contribution in [2.24, 2.45) is 16.7 Å². The van der Waals surface area contributed by atoms with Crippen molar-refractivity contribution >= 4 is 5.97 Å². The van der Waals surface area contributed by atoms with Crippen molar-refractivity contribution in [3.05, 3.63) is 0 Å². The van der Waals surface area contributed by atoms with E-state index in [1.807, 2.05) is 0 Å². The topological polar surface area (TPSA) is 67.8 Å². The Balaban J connectivity index is 2.05. The Kier molecular flexibility index (Phi) is 1.54. The second-order valence-corrected chi connectivity index (χ2v) is 6.89. The molecule has 4 unspecified atom stereocenters. The van der Waals surface area contributed by atoms with Gasteiger partial charge in [0.05, 0.1) is 5.54 Å². The van der Waals surface area contributed by atoms with Gasteiger partial charge >= 0.3 is 0 Å². The van der Waals surface area contributed by atoms with E-state index in [2.05, 4.69) is 12.7 Å². The van der Waals surface area contributed by atoms with E-state index in [1.165, 1.54) is 6.42 Å². The SMILES string of the molecule is CC12CC3CC([NH3+])(C1)CC(C(=O)[O-])(C3)C2. The highest BCUT2D eigenvalue weighted by Gasteiger charge is 2.63. The fourth-order valence-electron chi connectivity index (χ4n) is 5.37. The Hall–Kier alpha value is -0.570. The smallest absolute Gasteiger partial charge is 0.0962 e. The molecule has 3 N–H and O–H groups in total. The summed E-state index contributed by atoms with van der Waals surface area (Å²) in [4.78, 5) is 11.4. The van der Waals surface area contributed by atoms with Crippen molar-refractivity contribution in [3.8, 4) is 0 Å². The number of carboxylic acid groups (broad SMARTS) is 1. The summed E-state index contributed by atoms with van der Waals surface area (Å²) in [5, 5.41) is 11.4. The minimum absolute atomic E-state index is 0.0359. The Morgan fingerprint density at radius 2 is 2.00 bits per heavy atom. The van der Waals surface area contributed by atoms with Gasteiger partial charge in [0.2, 0.25) is 0 Å². The van der Waals surface area contributed by atoms with Gasteiger partial charge in [-0.3, -0.25) is 0 Å². The summed E-state index contributed by atoms with van der Waals surface area (Å²) in [7, 11) is 0.